The number of carbonyl (C=O) groups excluding carboxylic acids is 2. The summed E-state index contributed by atoms with van der Waals surface area (Å²) in [6, 6.07) is 6.21. The molecule has 1 aromatic heterocycles. The number of aliphatic hydroxyl groups is 1. The Kier molecular flexibility index (Phi) is 7.21. The van der Waals surface area contributed by atoms with Crippen LogP contribution in [0.25, 0.3) is 5.76 Å². The number of hydrogen-bond donors (Lipinski definition) is 1. The van der Waals surface area contributed by atoms with Gasteiger partial charge in [-0.2, -0.15) is 0 Å². The van der Waals surface area contributed by atoms with Gasteiger partial charge in [-0.05, 0) is 55.5 Å². The number of amides is 1. The first-order valence-corrected chi connectivity index (χ1v) is 11.4. The van der Waals surface area contributed by atoms with Crippen molar-refractivity contribution in [1.29, 1.82) is 0 Å². The summed E-state index contributed by atoms with van der Waals surface area (Å²) in [4.78, 5) is 28.4. The molecule has 2 aromatic rings. The van der Waals surface area contributed by atoms with Crippen molar-refractivity contribution in [3.05, 3.63) is 56.2 Å². The standard InChI is InChI=1S/C23H26ClNO4S/c1-4-6-7-11-25-19(22-14(3)10-12-30-22)18(21(27)23(25)28)20(26)15-8-9-16(24)17(13-15)29-5-2/h8-10,12-13,19,26H,4-7,11H2,1-3H3/b20-18-. The minimum absolute atomic E-state index is 0.117. The third-order valence-corrected chi connectivity index (χ3v) is 6.58. The Morgan fingerprint density at radius 1 is 1.23 bits per heavy atom. The molecule has 160 valence electrons. The number of aryl methyl sites for hydroxylation is 1. The van der Waals surface area contributed by atoms with E-state index in [1.54, 1.807) is 23.1 Å². The summed E-state index contributed by atoms with van der Waals surface area (Å²) in [5.41, 5.74) is 1.50. The second-order valence-electron chi connectivity index (χ2n) is 7.25. The summed E-state index contributed by atoms with van der Waals surface area (Å²) in [6.07, 6.45) is 2.78. The van der Waals surface area contributed by atoms with Gasteiger partial charge in [0.2, 0.25) is 0 Å². The van der Waals surface area contributed by atoms with Crippen molar-refractivity contribution in [1.82, 2.24) is 4.90 Å². The lowest BCUT2D eigenvalue weighted by Gasteiger charge is -2.25. The molecule has 7 heteroatoms. The first-order valence-electron chi connectivity index (χ1n) is 10.2. The van der Waals surface area contributed by atoms with Crippen LogP contribution in [0.3, 0.4) is 0 Å². The number of likely N-dealkylation sites (tertiary alicyclic amines) is 1. The summed E-state index contributed by atoms with van der Waals surface area (Å²) in [6.45, 7) is 6.77. The number of ketones is 1. The zero-order valence-corrected chi connectivity index (χ0v) is 19.0. The van der Waals surface area contributed by atoms with Gasteiger partial charge in [-0.3, -0.25) is 9.59 Å². The van der Waals surface area contributed by atoms with Gasteiger partial charge in [0.15, 0.2) is 0 Å². The van der Waals surface area contributed by atoms with E-state index in [0.717, 1.165) is 29.7 Å². The van der Waals surface area contributed by atoms with E-state index in [0.29, 0.717) is 29.5 Å². The molecular formula is C23H26ClNO4S. The van der Waals surface area contributed by atoms with Crippen molar-refractivity contribution in [2.75, 3.05) is 13.2 Å². The highest BCUT2D eigenvalue weighted by Crippen LogP contribution is 2.43. The maximum atomic E-state index is 13.0. The van der Waals surface area contributed by atoms with Crippen molar-refractivity contribution in [2.45, 2.75) is 46.1 Å². The summed E-state index contributed by atoms with van der Waals surface area (Å²) in [5.74, 6) is -1.01. The van der Waals surface area contributed by atoms with E-state index in [4.69, 9.17) is 16.3 Å². The predicted molar refractivity (Wildman–Crippen MR) is 120 cm³/mol. The second-order valence-corrected chi connectivity index (χ2v) is 8.60. The third-order valence-electron chi connectivity index (χ3n) is 5.20. The highest BCUT2D eigenvalue weighted by Gasteiger charge is 2.46. The van der Waals surface area contributed by atoms with Crippen LogP contribution in [0.5, 0.6) is 5.75 Å². The van der Waals surface area contributed by atoms with Crippen LogP contribution in [0.4, 0.5) is 0 Å². The lowest BCUT2D eigenvalue weighted by atomic mass is 9.98. The first-order chi connectivity index (χ1) is 14.4. The normalized spacial score (nSPS) is 18.3. The van der Waals surface area contributed by atoms with Crippen molar-refractivity contribution in [2.24, 2.45) is 0 Å². The highest BCUT2D eigenvalue weighted by molar-refractivity contribution is 7.10. The Labute approximate surface area is 185 Å². The zero-order chi connectivity index (χ0) is 21.8. The number of unbranched alkanes of at least 4 members (excludes halogenated alkanes) is 2. The molecule has 1 saturated heterocycles. The Hall–Kier alpha value is -2.31. The van der Waals surface area contributed by atoms with Crippen LogP contribution in [0.2, 0.25) is 5.02 Å². The molecule has 0 aliphatic carbocycles. The molecule has 1 aliphatic rings. The van der Waals surface area contributed by atoms with E-state index in [1.165, 1.54) is 11.3 Å². The molecule has 0 radical (unpaired) electrons. The molecule has 1 amide bonds. The SMILES string of the molecule is CCCCCN1C(=O)C(=O)/C(=C(\O)c2ccc(Cl)c(OCC)c2)C1c1sccc1C. The minimum atomic E-state index is -0.658. The van der Waals surface area contributed by atoms with Gasteiger partial charge < -0.3 is 14.7 Å². The molecule has 0 saturated carbocycles. The van der Waals surface area contributed by atoms with E-state index in [2.05, 4.69) is 6.92 Å². The first kappa shape index (κ1) is 22.4. The monoisotopic (exact) mass is 447 g/mol. The molecule has 1 aromatic carbocycles. The maximum Gasteiger partial charge on any atom is 0.295 e. The average molecular weight is 448 g/mol. The summed E-state index contributed by atoms with van der Waals surface area (Å²) in [7, 11) is 0. The fourth-order valence-corrected chi connectivity index (χ4v) is 4.87. The predicted octanol–water partition coefficient (Wildman–Crippen LogP) is 5.72. The van der Waals surface area contributed by atoms with Gasteiger partial charge in [0, 0.05) is 17.0 Å². The summed E-state index contributed by atoms with van der Waals surface area (Å²) < 4.78 is 5.52. The smallest absolute Gasteiger partial charge is 0.295 e. The van der Waals surface area contributed by atoms with Crippen molar-refractivity contribution in [3.63, 3.8) is 0 Å². The number of benzene rings is 1. The lowest BCUT2D eigenvalue weighted by Crippen LogP contribution is -2.30. The number of halogens is 1. The number of hydrogen-bond acceptors (Lipinski definition) is 5. The fourth-order valence-electron chi connectivity index (χ4n) is 3.65. The Balaban J connectivity index is 2.12. The van der Waals surface area contributed by atoms with Gasteiger partial charge in [0.25, 0.3) is 11.7 Å². The molecule has 1 aliphatic heterocycles. The number of thiophene rings is 1. The topological polar surface area (TPSA) is 66.8 Å². The minimum Gasteiger partial charge on any atom is -0.507 e. The molecule has 5 nitrogen and oxygen atoms in total. The maximum absolute atomic E-state index is 13.0. The summed E-state index contributed by atoms with van der Waals surface area (Å²) in [5, 5.41) is 13.5. The zero-order valence-electron chi connectivity index (χ0n) is 17.4. The fraction of sp³-hybridized carbons (Fsp3) is 0.391. The number of aliphatic hydroxyl groups excluding tert-OH is 1. The number of Topliss-reactive ketones (excluding diaryl/α,β-unsaturated/α-hetero) is 1. The number of carbonyl (C=O) groups is 2. The van der Waals surface area contributed by atoms with Crippen LogP contribution in [0.1, 0.15) is 55.2 Å². The van der Waals surface area contributed by atoms with Crippen LogP contribution >= 0.6 is 22.9 Å². The van der Waals surface area contributed by atoms with E-state index in [-0.39, 0.29) is 11.3 Å². The van der Waals surface area contributed by atoms with Gasteiger partial charge in [0.05, 0.1) is 23.2 Å². The van der Waals surface area contributed by atoms with E-state index < -0.39 is 17.7 Å². The molecule has 1 N–H and O–H groups in total. The van der Waals surface area contributed by atoms with Crippen molar-refractivity contribution < 1.29 is 19.4 Å². The van der Waals surface area contributed by atoms with Crippen molar-refractivity contribution in [3.8, 4) is 5.75 Å². The molecular weight excluding hydrogens is 422 g/mol. The molecule has 2 heterocycles. The quantitative estimate of drug-likeness (QED) is 0.243. The van der Waals surface area contributed by atoms with Gasteiger partial charge in [-0.15, -0.1) is 11.3 Å². The molecule has 30 heavy (non-hydrogen) atoms. The van der Waals surface area contributed by atoms with Crippen LogP contribution in [0, 0.1) is 6.92 Å². The average Bonchev–Trinajstić information content (AvgIpc) is 3.25. The third kappa shape index (κ3) is 4.25. The van der Waals surface area contributed by atoms with Gasteiger partial charge >= 0.3 is 0 Å². The molecule has 1 atom stereocenters. The Morgan fingerprint density at radius 3 is 2.63 bits per heavy atom. The Bertz CT molecular complexity index is 981. The molecule has 3 rings (SSSR count). The summed E-state index contributed by atoms with van der Waals surface area (Å²) >= 11 is 7.65. The second kappa shape index (κ2) is 9.67. The van der Waals surface area contributed by atoms with Crippen LogP contribution in [0.15, 0.2) is 35.2 Å². The van der Waals surface area contributed by atoms with E-state index >= 15 is 0 Å². The van der Waals surface area contributed by atoms with Crippen LogP contribution < -0.4 is 4.74 Å². The van der Waals surface area contributed by atoms with Gasteiger partial charge in [-0.1, -0.05) is 31.4 Å². The largest absolute Gasteiger partial charge is 0.507 e. The molecule has 1 unspecified atom stereocenters. The molecule has 1 fully saturated rings. The van der Waals surface area contributed by atoms with Crippen molar-refractivity contribution >= 4 is 40.4 Å². The molecule has 0 spiro atoms. The van der Waals surface area contributed by atoms with Gasteiger partial charge in [-0.25, -0.2) is 0 Å². The molecule has 0 bridgehead atoms. The number of ether oxygens (including phenoxy) is 1. The number of rotatable bonds is 8. The van der Waals surface area contributed by atoms with Crippen LogP contribution in [-0.4, -0.2) is 34.8 Å². The highest BCUT2D eigenvalue weighted by atomic mass is 35.5. The van der Waals surface area contributed by atoms with Gasteiger partial charge in [0.1, 0.15) is 11.5 Å². The van der Waals surface area contributed by atoms with E-state index in [1.807, 2.05) is 25.3 Å². The van der Waals surface area contributed by atoms with Crippen LogP contribution in [-0.2, 0) is 9.59 Å². The lowest BCUT2D eigenvalue weighted by molar-refractivity contribution is -0.139. The Morgan fingerprint density at radius 2 is 2.00 bits per heavy atom. The van der Waals surface area contributed by atoms with E-state index in [9.17, 15) is 14.7 Å². The number of nitrogens with zero attached hydrogens (tertiary/aromatic N) is 1.